The Hall–Kier alpha value is -1.44. The van der Waals surface area contributed by atoms with E-state index in [9.17, 15) is 0 Å². The second-order valence-electron chi connectivity index (χ2n) is 4.56. The zero-order chi connectivity index (χ0) is 13.8. The van der Waals surface area contributed by atoms with Crippen molar-refractivity contribution in [3.8, 4) is 0 Å². The van der Waals surface area contributed by atoms with Crippen LogP contribution in [-0.4, -0.2) is 30.2 Å². The van der Waals surface area contributed by atoms with E-state index < -0.39 is 0 Å². The second kappa shape index (κ2) is 6.14. The molecule has 7 heteroatoms. The highest BCUT2D eigenvalue weighted by Gasteiger charge is 2.11. The number of thiophene rings is 1. The van der Waals surface area contributed by atoms with Gasteiger partial charge >= 0.3 is 0 Å². The Morgan fingerprint density at radius 1 is 1.47 bits per heavy atom. The Bertz CT molecular complexity index is 556. The SMILES string of the molecule is COCC(C)CNc1nc(NN)nc2sc(C)cc12. The molecule has 1 atom stereocenters. The van der Waals surface area contributed by atoms with Gasteiger partial charge in [-0.2, -0.15) is 4.98 Å². The maximum atomic E-state index is 5.40. The lowest BCUT2D eigenvalue weighted by molar-refractivity contribution is 0.164. The van der Waals surface area contributed by atoms with Crippen LogP contribution in [0, 0.1) is 12.8 Å². The van der Waals surface area contributed by atoms with Crippen molar-refractivity contribution >= 4 is 33.3 Å². The Morgan fingerprint density at radius 2 is 2.26 bits per heavy atom. The van der Waals surface area contributed by atoms with Crippen molar-refractivity contribution in [1.82, 2.24) is 9.97 Å². The molecule has 0 radical (unpaired) electrons. The van der Waals surface area contributed by atoms with E-state index in [2.05, 4.69) is 40.6 Å². The molecule has 2 heterocycles. The number of aryl methyl sites for hydroxylation is 1. The maximum absolute atomic E-state index is 5.40. The first-order valence-corrected chi connectivity index (χ1v) is 6.93. The number of nitrogens with zero attached hydrogens (tertiary/aromatic N) is 2. The Balaban J connectivity index is 2.24. The normalized spacial score (nSPS) is 12.6. The molecule has 4 N–H and O–H groups in total. The minimum atomic E-state index is 0.407. The Morgan fingerprint density at radius 3 is 2.95 bits per heavy atom. The van der Waals surface area contributed by atoms with Gasteiger partial charge in [0.2, 0.25) is 5.95 Å². The summed E-state index contributed by atoms with van der Waals surface area (Å²) in [4.78, 5) is 10.9. The summed E-state index contributed by atoms with van der Waals surface area (Å²) in [5.41, 5.74) is 2.50. The zero-order valence-electron chi connectivity index (χ0n) is 11.4. The van der Waals surface area contributed by atoms with E-state index in [0.29, 0.717) is 18.5 Å². The minimum Gasteiger partial charge on any atom is -0.384 e. The molecule has 0 aliphatic rings. The van der Waals surface area contributed by atoms with E-state index in [1.807, 2.05) is 0 Å². The van der Waals surface area contributed by atoms with Crippen LogP contribution in [0.2, 0.25) is 0 Å². The van der Waals surface area contributed by atoms with Crippen LogP contribution in [0.5, 0.6) is 0 Å². The molecule has 19 heavy (non-hydrogen) atoms. The molecule has 0 fully saturated rings. The number of hydrazine groups is 1. The number of rotatable bonds is 6. The molecule has 0 aliphatic heterocycles. The summed E-state index contributed by atoms with van der Waals surface area (Å²) >= 11 is 1.63. The van der Waals surface area contributed by atoms with Crippen LogP contribution in [0.15, 0.2) is 6.07 Å². The third-order valence-electron chi connectivity index (χ3n) is 2.71. The molecule has 6 nitrogen and oxygen atoms in total. The third-order valence-corrected chi connectivity index (χ3v) is 3.66. The van der Waals surface area contributed by atoms with Crippen LogP contribution < -0.4 is 16.6 Å². The van der Waals surface area contributed by atoms with Gasteiger partial charge in [-0.3, -0.25) is 5.43 Å². The minimum absolute atomic E-state index is 0.407. The molecule has 2 rings (SSSR count). The molecule has 104 valence electrons. The average molecular weight is 281 g/mol. The number of nitrogen functional groups attached to an aromatic ring is 1. The fourth-order valence-electron chi connectivity index (χ4n) is 1.86. The highest BCUT2D eigenvalue weighted by molar-refractivity contribution is 7.18. The van der Waals surface area contributed by atoms with Gasteiger partial charge in [-0.25, -0.2) is 10.8 Å². The van der Waals surface area contributed by atoms with Crippen molar-refractivity contribution < 1.29 is 4.74 Å². The fraction of sp³-hybridized carbons (Fsp3) is 0.500. The van der Waals surface area contributed by atoms with Crippen molar-refractivity contribution in [2.24, 2.45) is 11.8 Å². The summed E-state index contributed by atoms with van der Waals surface area (Å²) in [5.74, 6) is 7.05. The van der Waals surface area contributed by atoms with E-state index in [4.69, 9.17) is 10.6 Å². The lowest BCUT2D eigenvalue weighted by Gasteiger charge is -2.13. The van der Waals surface area contributed by atoms with Gasteiger partial charge in [-0.15, -0.1) is 11.3 Å². The van der Waals surface area contributed by atoms with Gasteiger partial charge in [0.05, 0.1) is 12.0 Å². The molecular formula is C12H19N5OS. The van der Waals surface area contributed by atoms with Gasteiger partial charge in [-0.05, 0) is 18.9 Å². The first kappa shape index (κ1) is 14.0. The van der Waals surface area contributed by atoms with Crippen molar-refractivity contribution in [3.63, 3.8) is 0 Å². The quantitative estimate of drug-likeness (QED) is 0.554. The Kier molecular flexibility index (Phi) is 4.52. The van der Waals surface area contributed by atoms with E-state index in [1.165, 1.54) is 4.88 Å². The smallest absolute Gasteiger partial charge is 0.240 e. The topological polar surface area (TPSA) is 85.1 Å². The average Bonchev–Trinajstić information content (AvgIpc) is 2.76. The number of hydrogen-bond acceptors (Lipinski definition) is 7. The van der Waals surface area contributed by atoms with E-state index in [1.54, 1.807) is 18.4 Å². The molecule has 0 bridgehead atoms. The second-order valence-corrected chi connectivity index (χ2v) is 5.79. The van der Waals surface area contributed by atoms with Crippen LogP contribution in [0.4, 0.5) is 11.8 Å². The third kappa shape index (κ3) is 3.31. The van der Waals surface area contributed by atoms with Gasteiger partial charge in [0.25, 0.3) is 0 Å². The molecule has 0 amide bonds. The number of fused-ring (bicyclic) bond motifs is 1. The first-order valence-electron chi connectivity index (χ1n) is 6.11. The predicted molar refractivity (Wildman–Crippen MR) is 79.5 cm³/mol. The highest BCUT2D eigenvalue weighted by Crippen LogP contribution is 2.29. The predicted octanol–water partition coefficient (Wildman–Crippen LogP) is 1.98. The number of nitrogens with one attached hydrogen (secondary N) is 2. The van der Waals surface area contributed by atoms with Crippen molar-refractivity contribution in [2.75, 3.05) is 31.0 Å². The monoisotopic (exact) mass is 281 g/mol. The summed E-state index contributed by atoms with van der Waals surface area (Å²) in [7, 11) is 1.71. The number of nitrogens with two attached hydrogens (primary N) is 1. The maximum Gasteiger partial charge on any atom is 0.240 e. The lowest BCUT2D eigenvalue weighted by atomic mass is 10.2. The van der Waals surface area contributed by atoms with Crippen molar-refractivity contribution in [2.45, 2.75) is 13.8 Å². The molecule has 0 spiro atoms. The summed E-state index contributed by atoms with van der Waals surface area (Å²) in [6, 6.07) is 2.09. The van der Waals surface area contributed by atoms with E-state index in [0.717, 1.165) is 22.6 Å². The number of hydrogen-bond donors (Lipinski definition) is 3. The van der Waals surface area contributed by atoms with Gasteiger partial charge in [-0.1, -0.05) is 6.92 Å². The number of aromatic nitrogens is 2. The van der Waals surface area contributed by atoms with Crippen LogP contribution in [-0.2, 0) is 4.74 Å². The van der Waals surface area contributed by atoms with E-state index >= 15 is 0 Å². The lowest BCUT2D eigenvalue weighted by Crippen LogP contribution is -2.17. The number of ether oxygens (including phenoxy) is 1. The van der Waals surface area contributed by atoms with Crippen LogP contribution in [0.1, 0.15) is 11.8 Å². The molecule has 0 aliphatic carbocycles. The van der Waals surface area contributed by atoms with Crippen molar-refractivity contribution in [3.05, 3.63) is 10.9 Å². The number of methoxy groups -OCH3 is 1. The molecule has 2 aromatic heterocycles. The summed E-state index contributed by atoms with van der Waals surface area (Å²) in [6.45, 7) is 5.68. The largest absolute Gasteiger partial charge is 0.384 e. The molecule has 2 aromatic rings. The summed E-state index contributed by atoms with van der Waals surface area (Å²) < 4.78 is 5.13. The van der Waals surface area contributed by atoms with Gasteiger partial charge in [0.15, 0.2) is 0 Å². The summed E-state index contributed by atoms with van der Waals surface area (Å²) in [5, 5.41) is 4.37. The first-order chi connectivity index (χ1) is 9.13. The van der Waals surface area contributed by atoms with Crippen molar-refractivity contribution in [1.29, 1.82) is 0 Å². The molecule has 0 saturated carbocycles. The van der Waals surface area contributed by atoms with Crippen LogP contribution in [0.3, 0.4) is 0 Å². The summed E-state index contributed by atoms with van der Waals surface area (Å²) in [6.07, 6.45) is 0. The molecule has 0 aromatic carbocycles. The Labute approximate surface area is 116 Å². The van der Waals surface area contributed by atoms with Crippen LogP contribution in [0.25, 0.3) is 10.2 Å². The molecule has 0 saturated heterocycles. The molecule has 1 unspecified atom stereocenters. The van der Waals surface area contributed by atoms with Gasteiger partial charge < -0.3 is 10.1 Å². The number of anilines is 2. The van der Waals surface area contributed by atoms with Crippen LogP contribution >= 0.6 is 11.3 Å². The standard InChI is InChI=1S/C12H19N5OS/c1-7(6-18-3)5-14-10-9-4-8(2)19-11(9)16-12(15-10)17-13/h4,7H,5-6,13H2,1-3H3,(H2,14,15,16,17). The fourth-order valence-corrected chi connectivity index (χ4v) is 2.74. The van der Waals surface area contributed by atoms with Gasteiger partial charge in [0.1, 0.15) is 10.6 Å². The zero-order valence-corrected chi connectivity index (χ0v) is 12.2. The molecular weight excluding hydrogens is 262 g/mol. The van der Waals surface area contributed by atoms with Gasteiger partial charge in [0, 0.05) is 18.5 Å². The van der Waals surface area contributed by atoms with E-state index in [-0.39, 0.29) is 0 Å². The highest BCUT2D eigenvalue weighted by atomic mass is 32.1.